The summed E-state index contributed by atoms with van der Waals surface area (Å²) in [6, 6.07) is 7.81. The molecule has 27 heavy (non-hydrogen) atoms. The van der Waals surface area contributed by atoms with Crippen LogP contribution in [0.4, 0.5) is 0 Å². The van der Waals surface area contributed by atoms with Crippen molar-refractivity contribution in [1.29, 1.82) is 0 Å². The maximum Gasteiger partial charge on any atom is 0.213 e. The number of pyridine rings is 2. The summed E-state index contributed by atoms with van der Waals surface area (Å²) < 4.78 is 11.6. The van der Waals surface area contributed by atoms with Gasteiger partial charge in [0.05, 0.1) is 13.2 Å². The molecule has 0 aliphatic carbocycles. The Morgan fingerprint density at radius 3 is 2.11 bits per heavy atom. The van der Waals surface area contributed by atoms with Gasteiger partial charge in [0.25, 0.3) is 0 Å². The van der Waals surface area contributed by atoms with Gasteiger partial charge in [-0.15, -0.1) is 12.6 Å². The van der Waals surface area contributed by atoms with Crippen LogP contribution in [-0.2, 0) is 5.41 Å². The second kappa shape index (κ2) is 8.96. The normalized spacial score (nSPS) is 13.3. The van der Waals surface area contributed by atoms with E-state index in [-0.39, 0.29) is 10.8 Å². The van der Waals surface area contributed by atoms with Crippen molar-refractivity contribution in [2.75, 3.05) is 13.2 Å². The molecule has 0 saturated heterocycles. The first-order valence-corrected chi connectivity index (χ1v) is 9.87. The van der Waals surface area contributed by atoms with Crippen LogP contribution in [0, 0.1) is 11.3 Å². The van der Waals surface area contributed by atoms with Crippen molar-refractivity contribution in [3.8, 4) is 11.8 Å². The molecule has 0 spiro atoms. The molecule has 1 atom stereocenters. The summed E-state index contributed by atoms with van der Waals surface area (Å²) in [6.45, 7) is 14.4. The molecule has 4 nitrogen and oxygen atoms in total. The maximum absolute atomic E-state index is 5.81. The lowest BCUT2D eigenvalue weighted by atomic mass is 9.78. The van der Waals surface area contributed by atoms with E-state index in [1.54, 1.807) is 6.20 Å². The van der Waals surface area contributed by atoms with E-state index in [4.69, 9.17) is 9.47 Å². The number of thiol groups is 1. The smallest absolute Gasteiger partial charge is 0.213 e. The van der Waals surface area contributed by atoms with Crippen molar-refractivity contribution in [2.45, 2.75) is 58.3 Å². The van der Waals surface area contributed by atoms with Crippen LogP contribution in [0.3, 0.4) is 0 Å². The Balaban J connectivity index is 1.89. The van der Waals surface area contributed by atoms with E-state index >= 15 is 0 Å². The molecule has 0 bridgehead atoms. The largest absolute Gasteiger partial charge is 0.477 e. The van der Waals surface area contributed by atoms with Crippen LogP contribution in [0.5, 0.6) is 11.8 Å². The average Bonchev–Trinajstić information content (AvgIpc) is 2.59. The van der Waals surface area contributed by atoms with Crippen LogP contribution in [0.1, 0.15) is 53.5 Å². The van der Waals surface area contributed by atoms with E-state index in [0.717, 1.165) is 11.3 Å². The van der Waals surface area contributed by atoms with Crippen LogP contribution in [0.15, 0.2) is 41.6 Å². The van der Waals surface area contributed by atoms with Crippen LogP contribution in [0.2, 0.25) is 0 Å². The predicted molar refractivity (Wildman–Crippen MR) is 113 cm³/mol. The van der Waals surface area contributed by atoms with E-state index in [2.05, 4.69) is 70.2 Å². The highest BCUT2D eigenvalue weighted by molar-refractivity contribution is 7.80. The monoisotopic (exact) mass is 388 g/mol. The molecule has 1 unspecified atom stereocenters. The molecule has 0 fully saturated rings. The van der Waals surface area contributed by atoms with Gasteiger partial charge >= 0.3 is 0 Å². The minimum absolute atomic E-state index is 0.000713. The van der Waals surface area contributed by atoms with E-state index < -0.39 is 0 Å². The minimum atomic E-state index is 0.000713. The number of hydrogen-bond donors (Lipinski definition) is 1. The molecule has 0 amide bonds. The third kappa shape index (κ3) is 7.41. The van der Waals surface area contributed by atoms with E-state index in [9.17, 15) is 0 Å². The summed E-state index contributed by atoms with van der Waals surface area (Å²) in [5, 5.41) is 0. The van der Waals surface area contributed by atoms with Gasteiger partial charge in [-0.1, -0.05) is 47.6 Å². The average molecular weight is 389 g/mol. The van der Waals surface area contributed by atoms with Gasteiger partial charge in [0.2, 0.25) is 11.8 Å². The zero-order valence-corrected chi connectivity index (χ0v) is 18.2. The van der Waals surface area contributed by atoms with Crippen molar-refractivity contribution in [3.63, 3.8) is 0 Å². The van der Waals surface area contributed by atoms with E-state index in [1.165, 1.54) is 5.56 Å². The fourth-order valence-electron chi connectivity index (χ4n) is 2.89. The summed E-state index contributed by atoms with van der Waals surface area (Å²) >= 11 is 4.24. The lowest BCUT2D eigenvalue weighted by Gasteiger charge is -2.28. The molecule has 0 radical (unpaired) electrons. The Bertz CT molecular complexity index is 707. The SMILES string of the molecule is CC(COc1ccc(S)cn1)CC(C)(C)c1ccc(OCC(C)(C)C)nc1. The molecule has 0 aliphatic rings. The van der Waals surface area contributed by atoms with Crippen molar-refractivity contribution in [3.05, 3.63) is 42.2 Å². The summed E-state index contributed by atoms with van der Waals surface area (Å²) in [5.74, 6) is 1.70. The standard InChI is InChI=1S/C22H32N2O2S/c1-16(14-25-19-10-8-18(27)13-24-19)11-22(5,6)17-7-9-20(23-12-17)26-15-21(2,3)4/h7-10,12-13,16,27H,11,14-15H2,1-6H3. The van der Waals surface area contributed by atoms with Gasteiger partial charge in [0.1, 0.15) is 0 Å². The van der Waals surface area contributed by atoms with Crippen LogP contribution in [-0.4, -0.2) is 23.2 Å². The van der Waals surface area contributed by atoms with Gasteiger partial charge < -0.3 is 9.47 Å². The van der Waals surface area contributed by atoms with Gasteiger partial charge in [-0.25, -0.2) is 9.97 Å². The summed E-state index contributed by atoms with van der Waals surface area (Å²) in [7, 11) is 0. The minimum Gasteiger partial charge on any atom is -0.477 e. The third-order valence-electron chi connectivity index (χ3n) is 4.27. The molecule has 148 valence electrons. The van der Waals surface area contributed by atoms with Gasteiger partial charge in [-0.3, -0.25) is 0 Å². The molecule has 2 aromatic rings. The lowest BCUT2D eigenvalue weighted by Crippen LogP contribution is -2.24. The lowest BCUT2D eigenvalue weighted by molar-refractivity contribution is 0.191. The van der Waals surface area contributed by atoms with Gasteiger partial charge in [0, 0.05) is 29.4 Å². The van der Waals surface area contributed by atoms with Crippen LogP contribution >= 0.6 is 12.6 Å². The molecule has 0 aromatic carbocycles. The third-order valence-corrected chi connectivity index (χ3v) is 4.53. The highest BCUT2D eigenvalue weighted by Gasteiger charge is 2.24. The van der Waals surface area contributed by atoms with Crippen molar-refractivity contribution >= 4 is 12.6 Å². The summed E-state index contributed by atoms with van der Waals surface area (Å²) in [5.41, 5.74) is 1.33. The van der Waals surface area contributed by atoms with Crippen LogP contribution in [0.25, 0.3) is 0 Å². The Labute approximate surface area is 169 Å². The van der Waals surface area contributed by atoms with Crippen molar-refractivity contribution < 1.29 is 9.47 Å². The molecule has 0 N–H and O–H groups in total. The van der Waals surface area contributed by atoms with Gasteiger partial charge in [-0.05, 0) is 34.8 Å². The number of nitrogens with zero attached hydrogens (tertiary/aromatic N) is 2. The molecule has 0 saturated carbocycles. The number of ether oxygens (including phenoxy) is 2. The maximum atomic E-state index is 5.81. The first kappa shape index (κ1) is 21.5. The quantitative estimate of drug-likeness (QED) is 0.600. The predicted octanol–water partition coefficient (Wildman–Crippen LogP) is 5.57. The molecule has 2 rings (SSSR count). The molecule has 5 heteroatoms. The van der Waals surface area contributed by atoms with Crippen LogP contribution < -0.4 is 9.47 Å². The fraction of sp³-hybridized carbons (Fsp3) is 0.545. The Kier molecular flexibility index (Phi) is 7.15. The molecular formula is C22H32N2O2S. The first-order valence-electron chi connectivity index (χ1n) is 9.42. The van der Waals surface area contributed by atoms with E-state index in [0.29, 0.717) is 30.9 Å². The molecule has 0 aliphatic heterocycles. The molecule has 2 aromatic heterocycles. The number of hydrogen-bond acceptors (Lipinski definition) is 5. The van der Waals surface area contributed by atoms with Crippen molar-refractivity contribution in [2.24, 2.45) is 11.3 Å². The van der Waals surface area contributed by atoms with Gasteiger partial charge in [-0.2, -0.15) is 0 Å². The van der Waals surface area contributed by atoms with E-state index in [1.807, 2.05) is 24.4 Å². The summed E-state index contributed by atoms with van der Waals surface area (Å²) in [6.07, 6.45) is 4.61. The molecule has 2 heterocycles. The Morgan fingerprint density at radius 1 is 0.926 bits per heavy atom. The van der Waals surface area contributed by atoms with Crippen molar-refractivity contribution in [1.82, 2.24) is 9.97 Å². The Hall–Kier alpha value is -1.75. The van der Waals surface area contributed by atoms with Gasteiger partial charge in [0.15, 0.2) is 0 Å². The fourth-order valence-corrected chi connectivity index (χ4v) is 3.02. The topological polar surface area (TPSA) is 44.2 Å². The Morgan fingerprint density at radius 2 is 1.56 bits per heavy atom. The number of rotatable bonds is 8. The first-order chi connectivity index (χ1) is 12.5. The zero-order valence-electron chi connectivity index (χ0n) is 17.3. The highest BCUT2D eigenvalue weighted by Crippen LogP contribution is 2.31. The molecular weight excluding hydrogens is 356 g/mol. The summed E-state index contributed by atoms with van der Waals surface area (Å²) in [4.78, 5) is 9.55. The zero-order chi connectivity index (χ0) is 20.1. The number of aromatic nitrogens is 2. The second-order valence-corrected chi connectivity index (χ2v) is 9.61. The second-order valence-electron chi connectivity index (χ2n) is 9.09. The highest BCUT2D eigenvalue weighted by atomic mass is 32.1.